The van der Waals surface area contributed by atoms with Crippen molar-refractivity contribution in [3.63, 3.8) is 0 Å². The van der Waals surface area contributed by atoms with Crippen LogP contribution in [0.15, 0.2) is 50.2 Å². The molecule has 0 atom stereocenters. The fourth-order valence-electron chi connectivity index (χ4n) is 1.49. The molecule has 0 aliphatic heterocycles. The minimum Gasteiger partial charge on any atom is -0.506 e. The van der Waals surface area contributed by atoms with E-state index in [0.717, 1.165) is 7.11 Å². The molecule has 0 heterocycles. The molecule has 0 unspecified atom stereocenters. The number of nitrogens with two attached hydrogens (primary N) is 1. The molecule has 11 heteroatoms. The molecule has 0 aliphatic rings. The third-order valence-electron chi connectivity index (χ3n) is 2.74. The maximum atomic E-state index is 11.5. The van der Waals surface area contributed by atoms with E-state index >= 15 is 0 Å². The van der Waals surface area contributed by atoms with Crippen LogP contribution in [-0.4, -0.2) is 26.7 Å². The maximum Gasteiger partial charge on any atom is 0.420 e. The summed E-state index contributed by atoms with van der Waals surface area (Å²) in [5.74, 6) is 0.115. The molecular formula is C15H13Br2N3O5S. The Hall–Kier alpha value is -2.29. The van der Waals surface area contributed by atoms with Crippen LogP contribution in [0.5, 0.6) is 5.75 Å². The summed E-state index contributed by atoms with van der Waals surface area (Å²) in [4.78, 5) is 10.7. The predicted molar refractivity (Wildman–Crippen MR) is 102 cm³/mol. The quantitative estimate of drug-likeness (QED) is 0.531. The van der Waals surface area contributed by atoms with Gasteiger partial charge >= 0.3 is 6.09 Å². The molecule has 0 aromatic heterocycles. The molecule has 0 saturated heterocycles. The summed E-state index contributed by atoms with van der Waals surface area (Å²) in [5.41, 5.74) is 6.33. The lowest BCUT2D eigenvalue weighted by atomic mass is 10.2. The van der Waals surface area contributed by atoms with Crippen LogP contribution in [0.4, 0.5) is 10.5 Å². The molecule has 0 fully saturated rings. The summed E-state index contributed by atoms with van der Waals surface area (Å²) in [5, 5.41) is 17.7. The van der Waals surface area contributed by atoms with Gasteiger partial charge in [0.25, 0.3) is 10.0 Å². The van der Waals surface area contributed by atoms with Gasteiger partial charge in [-0.15, -0.1) is 0 Å². The highest BCUT2D eigenvalue weighted by molar-refractivity contribution is 9.11. The zero-order valence-electron chi connectivity index (χ0n) is 13.2. The van der Waals surface area contributed by atoms with E-state index in [1.165, 1.54) is 24.3 Å². The number of nitrogens with zero attached hydrogens (tertiary/aromatic N) is 1. The van der Waals surface area contributed by atoms with Gasteiger partial charge in [0.05, 0.1) is 32.6 Å². The molecule has 0 bridgehead atoms. The number of sulfonamides is 1. The summed E-state index contributed by atoms with van der Waals surface area (Å²) in [6.07, 6.45) is -1.04. The highest BCUT2D eigenvalue weighted by atomic mass is 79.9. The number of methoxy groups -OCH3 is 1. The monoisotopic (exact) mass is 505 g/mol. The number of ether oxygens (including phenoxy) is 1. The Morgan fingerprint density at radius 2 is 1.73 bits per heavy atom. The van der Waals surface area contributed by atoms with Gasteiger partial charge in [-0.25, -0.2) is 17.9 Å². The molecule has 2 rings (SSSR count). The second-order valence-corrected chi connectivity index (χ2v) is 7.96. The Bertz CT molecular complexity index is 918. The normalized spacial score (nSPS) is 10.1. The first kappa shape index (κ1) is 21.8. The highest BCUT2D eigenvalue weighted by Gasteiger charge is 2.17. The average molecular weight is 507 g/mol. The van der Waals surface area contributed by atoms with E-state index in [4.69, 9.17) is 11.0 Å². The van der Waals surface area contributed by atoms with Gasteiger partial charge in [0.2, 0.25) is 0 Å². The van der Waals surface area contributed by atoms with E-state index in [1.807, 2.05) is 6.07 Å². The number of nitrogens with one attached hydrogen (secondary N) is 1. The van der Waals surface area contributed by atoms with Gasteiger partial charge in [0.15, 0.2) is 0 Å². The summed E-state index contributed by atoms with van der Waals surface area (Å²) in [6, 6.07) is 10.5. The van der Waals surface area contributed by atoms with Crippen LogP contribution in [0, 0.1) is 11.3 Å². The minimum atomic E-state index is -3.87. The van der Waals surface area contributed by atoms with Crippen LogP contribution in [0.3, 0.4) is 0 Å². The number of benzene rings is 2. The van der Waals surface area contributed by atoms with Crippen molar-refractivity contribution in [3.8, 4) is 11.8 Å². The number of carbonyl (C=O) groups excluding carboxylic acids is 1. The van der Waals surface area contributed by atoms with E-state index in [-0.39, 0.29) is 10.6 Å². The number of amides is 1. The van der Waals surface area contributed by atoms with E-state index in [9.17, 15) is 18.3 Å². The van der Waals surface area contributed by atoms with Crippen molar-refractivity contribution in [3.05, 3.63) is 50.9 Å². The first-order valence-electron chi connectivity index (χ1n) is 6.65. The zero-order valence-corrected chi connectivity index (χ0v) is 17.2. The van der Waals surface area contributed by atoms with Crippen LogP contribution < -0.4 is 10.5 Å². The SMILES string of the molecule is COC(=O)NS(=O)(=O)c1ccc(N)cc1.N#Cc1cc(Br)c(O)c(Br)c1. The van der Waals surface area contributed by atoms with Crippen molar-refractivity contribution in [1.82, 2.24) is 4.72 Å². The molecule has 0 radical (unpaired) electrons. The zero-order chi connectivity index (χ0) is 19.9. The molecule has 138 valence electrons. The van der Waals surface area contributed by atoms with E-state index in [2.05, 4.69) is 36.6 Å². The fraction of sp³-hybridized carbons (Fsp3) is 0.0667. The van der Waals surface area contributed by atoms with Gasteiger partial charge in [-0.05, 0) is 68.3 Å². The molecular weight excluding hydrogens is 494 g/mol. The fourth-order valence-corrected chi connectivity index (χ4v) is 3.59. The maximum absolute atomic E-state index is 11.5. The largest absolute Gasteiger partial charge is 0.506 e. The van der Waals surface area contributed by atoms with Crippen LogP contribution in [-0.2, 0) is 14.8 Å². The van der Waals surface area contributed by atoms with Gasteiger partial charge in [-0.3, -0.25) is 0 Å². The summed E-state index contributed by atoms with van der Waals surface area (Å²) >= 11 is 6.21. The van der Waals surface area contributed by atoms with Crippen LogP contribution in [0.2, 0.25) is 0 Å². The lowest BCUT2D eigenvalue weighted by Crippen LogP contribution is -2.30. The lowest BCUT2D eigenvalue weighted by molar-refractivity contribution is 0.177. The van der Waals surface area contributed by atoms with Gasteiger partial charge in [0, 0.05) is 5.69 Å². The number of nitriles is 1. The van der Waals surface area contributed by atoms with Gasteiger partial charge in [-0.1, -0.05) is 0 Å². The Kier molecular flexibility index (Phi) is 7.88. The average Bonchev–Trinajstić information content (AvgIpc) is 2.59. The van der Waals surface area contributed by atoms with Crippen LogP contribution >= 0.6 is 31.9 Å². The number of anilines is 1. The van der Waals surface area contributed by atoms with Crippen molar-refractivity contribution in [2.75, 3.05) is 12.8 Å². The predicted octanol–water partition coefficient (Wildman–Crippen LogP) is 3.10. The number of carbonyl (C=O) groups is 1. The van der Waals surface area contributed by atoms with Crippen molar-refractivity contribution in [2.45, 2.75) is 4.90 Å². The number of aromatic hydroxyl groups is 1. The third kappa shape index (κ3) is 6.21. The second kappa shape index (κ2) is 9.42. The molecule has 0 saturated carbocycles. The summed E-state index contributed by atoms with van der Waals surface area (Å²) in [7, 11) is -2.79. The van der Waals surface area contributed by atoms with Gasteiger partial charge < -0.3 is 15.6 Å². The number of hydrogen-bond acceptors (Lipinski definition) is 7. The standard InChI is InChI=1S/C8H10N2O4S.C7H3Br2NO/c1-14-8(11)10-15(12,13)7-4-2-6(9)3-5-7;8-5-1-4(3-10)2-6(9)7(5)11/h2-5H,9H2,1H3,(H,10,11);1-2,11H. The number of nitrogen functional groups attached to an aromatic ring is 1. The molecule has 4 N–H and O–H groups in total. The molecule has 1 amide bonds. The lowest BCUT2D eigenvalue weighted by Gasteiger charge is -2.05. The Morgan fingerprint density at radius 1 is 1.23 bits per heavy atom. The number of phenols is 1. The number of phenolic OH excluding ortho intramolecular Hbond substituents is 1. The van der Waals surface area contributed by atoms with Crippen molar-refractivity contribution in [1.29, 1.82) is 5.26 Å². The van der Waals surface area contributed by atoms with Crippen molar-refractivity contribution in [2.24, 2.45) is 0 Å². The number of halogens is 2. The van der Waals surface area contributed by atoms with Gasteiger partial charge in [0.1, 0.15) is 5.75 Å². The molecule has 8 nitrogen and oxygen atoms in total. The third-order valence-corrected chi connectivity index (χ3v) is 5.28. The number of rotatable bonds is 2. The van der Waals surface area contributed by atoms with Crippen molar-refractivity contribution >= 4 is 53.7 Å². The molecule has 2 aromatic carbocycles. The Labute approximate surface area is 166 Å². The van der Waals surface area contributed by atoms with Gasteiger partial charge in [-0.2, -0.15) is 5.26 Å². The molecule has 0 aliphatic carbocycles. The summed E-state index contributed by atoms with van der Waals surface area (Å²) < 4.78 is 29.8. The van der Waals surface area contributed by atoms with Crippen LogP contribution in [0.1, 0.15) is 5.56 Å². The highest BCUT2D eigenvalue weighted by Crippen LogP contribution is 2.32. The number of hydrogen-bond donors (Lipinski definition) is 3. The van der Waals surface area contributed by atoms with E-state index < -0.39 is 16.1 Å². The molecule has 26 heavy (non-hydrogen) atoms. The molecule has 2 aromatic rings. The van der Waals surface area contributed by atoms with Crippen LogP contribution in [0.25, 0.3) is 0 Å². The summed E-state index contributed by atoms with van der Waals surface area (Å²) in [6.45, 7) is 0. The minimum absolute atomic E-state index is 0.0536. The molecule has 0 spiro atoms. The Morgan fingerprint density at radius 3 is 2.15 bits per heavy atom. The first-order chi connectivity index (χ1) is 12.1. The Balaban J connectivity index is 0.000000273. The van der Waals surface area contributed by atoms with E-state index in [0.29, 0.717) is 20.2 Å². The van der Waals surface area contributed by atoms with E-state index in [1.54, 1.807) is 16.9 Å². The van der Waals surface area contributed by atoms with Crippen molar-refractivity contribution < 1.29 is 23.1 Å². The second-order valence-electron chi connectivity index (χ2n) is 4.57. The smallest absolute Gasteiger partial charge is 0.420 e. The first-order valence-corrected chi connectivity index (χ1v) is 9.72. The topological polar surface area (TPSA) is 143 Å².